The molecule has 1 heterocycles. The zero-order chi connectivity index (χ0) is 19.6. The van der Waals surface area contributed by atoms with Crippen molar-refractivity contribution in [1.82, 2.24) is 0 Å². The lowest BCUT2D eigenvalue weighted by Crippen LogP contribution is -2.23. The van der Waals surface area contributed by atoms with Gasteiger partial charge in [0.25, 0.3) is 0 Å². The van der Waals surface area contributed by atoms with Gasteiger partial charge in [0.15, 0.2) is 0 Å². The number of allylic oxidation sites excluding steroid dienone is 2. The molecule has 1 aliphatic carbocycles. The standard InChI is InChI=1S/C21H32O5S/c22-15(9-11-16-6-5-13-27-16)10-12-18-17(19(23)14-20(18)24)7-3-1-2-4-8-21(25)26/h1,3,5-6,13,15,17-20,22-24H,2,4,7-12,14H2,(H,25,26)/b3-1-/t15?,17-,18-,19?,20?/m1/s1. The molecule has 1 fully saturated rings. The molecule has 1 aromatic heterocycles. The van der Waals surface area contributed by atoms with E-state index >= 15 is 0 Å². The van der Waals surface area contributed by atoms with Gasteiger partial charge in [0.05, 0.1) is 18.3 Å². The van der Waals surface area contributed by atoms with Crippen molar-refractivity contribution < 1.29 is 25.2 Å². The molecular formula is C21H32O5S. The molecule has 5 atom stereocenters. The van der Waals surface area contributed by atoms with Crippen LogP contribution in [-0.4, -0.2) is 44.7 Å². The minimum absolute atomic E-state index is 0.0000531. The monoisotopic (exact) mass is 396 g/mol. The van der Waals surface area contributed by atoms with E-state index in [0.717, 1.165) is 12.8 Å². The van der Waals surface area contributed by atoms with Gasteiger partial charge in [-0.3, -0.25) is 4.79 Å². The van der Waals surface area contributed by atoms with Crippen LogP contribution in [0.2, 0.25) is 0 Å². The maximum atomic E-state index is 10.5. The highest BCUT2D eigenvalue weighted by Gasteiger charge is 2.40. The average molecular weight is 397 g/mol. The van der Waals surface area contributed by atoms with Crippen molar-refractivity contribution in [1.29, 1.82) is 0 Å². The number of carboxylic acids is 1. The van der Waals surface area contributed by atoms with Gasteiger partial charge >= 0.3 is 5.97 Å². The lowest BCUT2D eigenvalue weighted by Gasteiger charge is -2.23. The Morgan fingerprint density at radius 3 is 2.70 bits per heavy atom. The van der Waals surface area contributed by atoms with E-state index in [-0.39, 0.29) is 24.4 Å². The molecule has 0 radical (unpaired) electrons. The highest BCUT2D eigenvalue weighted by molar-refractivity contribution is 7.09. The van der Waals surface area contributed by atoms with Crippen molar-refractivity contribution in [3.05, 3.63) is 34.5 Å². The molecule has 0 aliphatic heterocycles. The maximum absolute atomic E-state index is 10.5. The molecule has 1 aliphatic rings. The van der Waals surface area contributed by atoms with Gasteiger partial charge < -0.3 is 20.4 Å². The Balaban J connectivity index is 1.73. The zero-order valence-corrected chi connectivity index (χ0v) is 16.6. The third-order valence-corrected chi connectivity index (χ3v) is 6.43. The SMILES string of the molecule is O=C(O)CCC/C=C\C[C@H]1C(O)CC(O)[C@@H]1CCC(O)CCc1cccs1. The van der Waals surface area contributed by atoms with E-state index in [1.54, 1.807) is 11.3 Å². The lowest BCUT2D eigenvalue weighted by atomic mass is 9.85. The van der Waals surface area contributed by atoms with Gasteiger partial charge in [-0.05, 0) is 74.6 Å². The van der Waals surface area contributed by atoms with Gasteiger partial charge in [-0.1, -0.05) is 18.2 Å². The van der Waals surface area contributed by atoms with Gasteiger partial charge in [0.2, 0.25) is 0 Å². The highest BCUT2D eigenvalue weighted by atomic mass is 32.1. The third-order valence-electron chi connectivity index (χ3n) is 5.50. The van der Waals surface area contributed by atoms with Crippen LogP contribution in [0, 0.1) is 11.8 Å². The molecular weight excluding hydrogens is 364 g/mol. The Labute approximate surface area is 165 Å². The fourth-order valence-electron chi connectivity index (χ4n) is 3.94. The minimum Gasteiger partial charge on any atom is -0.481 e. The Bertz CT molecular complexity index is 571. The van der Waals surface area contributed by atoms with Crippen LogP contribution in [0.1, 0.15) is 56.2 Å². The van der Waals surface area contributed by atoms with Crippen LogP contribution in [0.25, 0.3) is 0 Å². The molecule has 1 saturated carbocycles. The molecule has 152 valence electrons. The first-order valence-electron chi connectivity index (χ1n) is 9.90. The number of aliphatic hydroxyl groups excluding tert-OH is 3. The van der Waals surface area contributed by atoms with E-state index in [4.69, 9.17) is 5.11 Å². The summed E-state index contributed by atoms with van der Waals surface area (Å²) in [5.41, 5.74) is 0. The normalized spacial score (nSPS) is 26.6. The Hall–Kier alpha value is -1.21. The number of unbranched alkanes of at least 4 members (excludes halogenated alkanes) is 1. The van der Waals surface area contributed by atoms with E-state index in [0.29, 0.717) is 38.5 Å². The molecule has 0 spiro atoms. The quantitative estimate of drug-likeness (QED) is 0.321. The predicted octanol–water partition coefficient (Wildman–Crippen LogP) is 3.38. The minimum atomic E-state index is -0.782. The molecule has 0 amide bonds. The molecule has 5 nitrogen and oxygen atoms in total. The molecule has 0 saturated heterocycles. The van der Waals surface area contributed by atoms with Crippen molar-refractivity contribution in [2.45, 2.75) is 76.1 Å². The number of aliphatic carboxylic acids is 1. The summed E-state index contributed by atoms with van der Waals surface area (Å²) in [5, 5.41) is 41.5. The van der Waals surface area contributed by atoms with Gasteiger partial charge in [-0.2, -0.15) is 0 Å². The first-order valence-corrected chi connectivity index (χ1v) is 10.8. The summed E-state index contributed by atoms with van der Waals surface area (Å²) in [6.45, 7) is 0. The number of aliphatic hydroxyl groups is 3. The van der Waals surface area contributed by atoms with Crippen LogP contribution in [0.5, 0.6) is 0 Å². The first kappa shape index (κ1) is 22.1. The topological polar surface area (TPSA) is 98.0 Å². The second-order valence-electron chi connectivity index (χ2n) is 7.54. The molecule has 0 bridgehead atoms. The van der Waals surface area contributed by atoms with Gasteiger partial charge in [-0.15, -0.1) is 11.3 Å². The number of carbonyl (C=O) groups is 1. The Morgan fingerprint density at radius 1 is 1.22 bits per heavy atom. The number of thiophene rings is 1. The third kappa shape index (κ3) is 7.74. The lowest BCUT2D eigenvalue weighted by molar-refractivity contribution is -0.137. The van der Waals surface area contributed by atoms with Crippen LogP contribution in [0.15, 0.2) is 29.7 Å². The molecule has 1 aromatic rings. The molecule has 6 heteroatoms. The summed E-state index contributed by atoms with van der Waals surface area (Å²) >= 11 is 1.70. The summed E-state index contributed by atoms with van der Waals surface area (Å²) in [5.74, 6) is -0.782. The second-order valence-corrected chi connectivity index (χ2v) is 8.57. The Kier molecular flexibility index (Phi) is 9.48. The number of hydrogen-bond donors (Lipinski definition) is 4. The second kappa shape index (κ2) is 11.6. The fourth-order valence-corrected chi connectivity index (χ4v) is 4.67. The smallest absolute Gasteiger partial charge is 0.303 e. The van der Waals surface area contributed by atoms with Crippen molar-refractivity contribution in [2.24, 2.45) is 11.8 Å². The summed E-state index contributed by atoms with van der Waals surface area (Å²) in [6, 6.07) is 4.09. The van der Waals surface area contributed by atoms with Crippen molar-refractivity contribution in [3.63, 3.8) is 0 Å². The van der Waals surface area contributed by atoms with E-state index in [9.17, 15) is 20.1 Å². The molecule has 0 aromatic carbocycles. The van der Waals surface area contributed by atoms with Gasteiger partial charge in [0.1, 0.15) is 0 Å². The largest absolute Gasteiger partial charge is 0.481 e. The maximum Gasteiger partial charge on any atom is 0.303 e. The molecule has 3 unspecified atom stereocenters. The first-order chi connectivity index (χ1) is 13.0. The van der Waals surface area contributed by atoms with Crippen molar-refractivity contribution >= 4 is 17.3 Å². The Morgan fingerprint density at radius 2 is 2.00 bits per heavy atom. The van der Waals surface area contributed by atoms with Crippen LogP contribution in [0.4, 0.5) is 0 Å². The summed E-state index contributed by atoms with van der Waals surface area (Å²) in [4.78, 5) is 11.8. The van der Waals surface area contributed by atoms with E-state index in [2.05, 4.69) is 6.07 Å². The zero-order valence-electron chi connectivity index (χ0n) is 15.7. The van der Waals surface area contributed by atoms with Gasteiger partial charge in [-0.25, -0.2) is 0 Å². The molecule has 2 rings (SSSR count). The fraction of sp³-hybridized carbons (Fsp3) is 0.667. The van der Waals surface area contributed by atoms with E-state index in [1.807, 2.05) is 23.6 Å². The number of rotatable bonds is 12. The summed E-state index contributed by atoms with van der Waals surface area (Å²) < 4.78 is 0. The average Bonchev–Trinajstić information content (AvgIpc) is 3.22. The molecule has 27 heavy (non-hydrogen) atoms. The predicted molar refractivity (Wildman–Crippen MR) is 107 cm³/mol. The van der Waals surface area contributed by atoms with Crippen molar-refractivity contribution in [3.8, 4) is 0 Å². The van der Waals surface area contributed by atoms with Crippen LogP contribution < -0.4 is 0 Å². The van der Waals surface area contributed by atoms with Gasteiger partial charge in [0, 0.05) is 11.3 Å². The van der Waals surface area contributed by atoms with Crippen LogP contribution in [0.3, 0.4) is 0 Å². The molecule has 4 N–H and O–H groups in total. The van der Waals surface area contributed by atoms with E-state index < -0.39 is 18.2 Å². The van der Waals surface area contributed by atoms with Crippen LogP contribution >= 0.6 is 11.3 Å². The number of hydrogen-bond acceptors (Lipinski definition) is 5. The van der Waals surface area contributed by atoms with Crippen molar-refractivity contribution in [2.75, 3.05) is 0 Å². The summed E-state index contributed by atoms with van der Waals surface area (Å²) in [7, 11) is 0. The number of carboxylic acid groups (broad SMARTS) is 1. The summed E-state index contributed by atoms with van der Waals surface area (Å²) in [6.07, 6.45) is 8.05. The van der Waals surface area contributed by atoms with Crippen LogP contribution in [-0.2, 0) is 11.2 Å². The highest BCUT2D eigenvalue weighted by Crippen LogP contribution is 2.38. The number of aryl methyl sites for hydroxylation is 1. The van der Waals surface area contributed by atoms with E-state index in [1.165, 1.54) is 4.88 Å².